The molecule has 76 valence electrons. The van der Waals surface area contributed by atoms with Gasteiger partial charge in [-0.2, -0.15) is 0 Å². The van der Waals surface area contributed by atoms with Crippen LogP contribution in [0.15, 0.2) is 24.3 Å². The standard InChI is InChI=1S/C10H12O4/c1-10(13,9(11)12)7-4-3-5-8(6-7)14-2/h3-6,13H,1-2H3,(H,11,12)/t10-/m1/s1. The normalized spacial score (nSPS) is 14.5. The fraction of sp³-hybridized carbons (Fsp3) is 0.300. The van der Waals surface area contributed by atoms with E-state index >= 15 is 0 Å². The maximum absolute atomic E-state index is 10.7. The first-order chi connectivity index (χ1) is 6.48. The summed E-state index contributed by atoms with van der Waals surface area (Å²) in [7, 11) is 1.48. The fourth-order valence-electron chi connectivity index (χ4n) is 1.05. The third kappa shape index (κ3) is 1.85. The van der Waals surface area contributed by atoms with Crippen LogP contribution in [0.5, 0.6) is 5.75 Å². The van der Waals surface area contributed by atoms with Crippen molar-refractivity contribution in [2.45, 2.75) is 12.5 Å². The highest BCUT2D eigenvalue weighted by Crippen LogP contribution is 2.24. The predicted molar refractivity (Wildman–Crippen MR) is 50.2 cm³/mol. The summed E-state index contributed by atoms with van der Waals surface area (Å²) in [5.74, 6) is -0.769. The van der Waals surface area contributed by atoms with E-state index in [-0.39, 0.29) is 0 Å². The van der Waals surface area contributed by atoms with Crippen molar-refractivity contribution in [1.82, 2.24) is 0 Å². The van der Waals surface area contributed by atoms with Crippen molar-refractivity contribution in [1.29, 1.82) is 0 Å². The van der Waals surface area contributed by atoms with Crippen molar-refractivity contribution in [3.05, 3.63) is 29.8 Å². The van der Waals surface area contributed by atoms with Crippen LogP contribution in [0.2, 0.25) is 0 Å². The quantitative estimate of drug-likeness (QED) is 0.756. The van der Waals surface area contributed by atoms with Gasteiger partial charge in [-0.1, -0.05) is 12.1 Å². The second kappa shape index (κ2) is 3.67. The van der Waals surface area contributed by atoms with Crippen LogP contribution in [0.25, 0.3) is 0 Å². The summed E-state index contributed by atoms with van der Waals surface area (Å²) in [5, 5.41) is 18.4. The first kappa shape index (κ1) is 10.5. The molecule has 1 rings (SSSR count). The summed E-state index contributed by atoms with van der Waals surface area (Å²) in [5.41, 5.74) is -1.58. The van der Waals surface area contributed by atoms with Gasteiger partial charge in [0.2, 0.25) is 0 Å². The predicted octanol–water partition coefficient (Wildman–Crippen LogP) is 0.987. The van der Waals surface area contributed by atoms with Crippen molar-refractivity contribution >= 4 is 5.97 Å². The lowest BCUT2D eigenvalue weighted by molar-refractivity contribution is -0.157. The molecule has 0 radical (unpaired) electrons. The van der Waals surface area contributed by atoms with E-state index in [0.29, 0.717) is 11.3 Å². The minimum Gasteiger partial charge on any atom is -0.497 e. The van der Waals surface area contributed by atoms with Gasteiger partial charge in [0.15, 0.2) is 5.60 Å². The first-order valence-corrected chi connectivity index (χ1v) is 4.09. The molecule has 4 heteroatoms. The van der Waals surface area contributed by atoms with Crippen molar-refractivity contribution in [3.63, 3.8) is 0 Å². The minimum atomic E-state index is -1.88. The molecule has 0 heterocycles. The van der Waals surface area contributed by atoms with E-state index in [2.05, 4.69) is 0 Å². The third-order valence-corrected chi connectivity index (χ3v) is 2.05. The third-order valence-electron chi connectivity index (χ3n) is 2.05. The van der Waals surface area contributed by atoms with Gasteiger partial charge in [-0.25, -0.2) is 4.79 Å². The van der Waals surface area contributed by atoms with E-state index < -0.39 is 11.6 Å². The Balaban J connectivity index is 3.12. The molecule has 4 nitrogen and oxygen atoms in total. The number of hydrogen-bond acceptors (Lipinski definition) is 3. The highest BCUT2D eigenvalue weighted by molar-refractivity contribution is 5.78. The van der Waals surface area contributed by atoms with Crippen LogP contribution < -0.4 is 4.74 Å². The molecule has 1 aromatic rings. The summed E-state index contributed by atoms with van der Waals surface area (Å²) < 4.78 is 4.93. The van der Waals surface area contributed by atoms with Crippen LogP contribution in [0.4, 0.5) is 0 Å². The van der Waals surface area contributed by atoms with Crippen LogP contribution in [-0.2, 0) is 10.4 Å². The molecule has 0 fully saturated rings. The van der Waals surface area contributed by atoms with Crippen LogP contribution in [0, 0.1) is 0 Å². The zero-order chi connectivity index (χ0) is 10.8. The second-order valence-electron chi connectivity index (χ2n) is 3.11. The Morgan fingerprint density at radius 2 is 2.14 bits per heavy atom. The Hall–Kier alpha value is -1.55. The van der Waals surface area contributed by atoms with Crippen LogP contribution >= 0.6 is 0 Å². The van der Waals surface area contributed by atoms with Gasteiger partial charge in [-0.3, -0.25) is 0 Å². The zero-order valence-electron chi connectivity index (χ0n) is 8.02. The molecule has 0 saturated carbocycles. The number of aliphatic carboxylic acids is 1. The number of carboxylic acid groups (broad SMARTS) is 1. The van der Waals surface area contributed by atoms with Gasteiger partial charge in [-0.05, 0) is 24.6 Å². The van der Waals surface area contributed by atoms with Gasteiger partial charge in [-0.15, -0.1) is 0 Å². The maximum atomic E-state index is 10.7. The van der Waals surface area contributed by atoms with E-state index in [0.717, 1.165) is 0 Å². The van der Waals surface area contributed by atoms with Gasteiger partial charge in [0.1, 0.15) is 5.75 Å². The average molecular weight is 196 g/mol. The van der Waals surface area contributed by atoms with Gasteiger partial charge < -0.3 is 14.9 Å². The summed E-state index contributed by atoms with van der Waals surface area (Å²) in [6, 6.07) is 6.35. The molecule has 14 heavy (non-hydrogen) atoms. The molecule has 0 aliphatic heterocycles. The molecule has 0 spiro atoms. The number of ether oxygens (including phenoxy) is 1. The lowest BCUT2D eigenvalue weighted by Crippen LogP contribution is -2.31. The number of rotatable bonds is 3. The molecule has 0 bridgehead atoms. The Morgan fingerprint density at radius 1 is 1.50 bits per heavy atom. The molecular formula is C10H12O4. The minimum absolute atomic E-state index is 0.296. The average Bonchev–Trinajstić information content (AvgIpc) is 2.17. The summed E-state index contributed by atoms with van der Waals surface area (Å²) >= 11 is 0. The Kier molecular flexibility index (Phi) is 2.76. The number of benzene rings is 1. The smallest absolute Gasteiger partial charge is 0.340 e. The van der Waals surface area contributed by atoms with Crippen molar-refractivity contribution < 1.29 is 19.7 Å². The number of methoxy groups -OCH3 is 1. The van der Waals surface area contributed by atoms with E-state index in [1.807, 2.05) is 0 Å². The van der Waals surface area contributed by atoms with Gasteiger partial charge >= 0.3 is 5.97 Å². The van der Waals surface area contributed by atoms with Gasteiger partial charge in [0.25, 0.3) is 0 Å². The Bertz CT molecular complexity index is 344. The molecule has 0 amide bonds. The van der Waals surface area contributed by atoms with E-state index in [1.54, 1.807) is 12.1 Å². The van der Waals surface area contributed by atoms with Crippen molar-refractivity contribution in [2.75, 3.05) is 7.11 Å². The van der Waals surface area contributed by atoms with Gasteiger partial charge in [0.05, 0.1) is 7.11 Å². The van der Waals surface area contributed by atoms with E-state index in [4.69, 9.17) is 9.84 Å². The summed E-state index contributed by atoms with van der Waals surface area (Å²) in [4.78, 5) is 10.7. The van der Waals surface area contributed by atoms with Crippen LogP contribution in [0.3, 0.4) is 0 Å². The maximum Gasteiger partial charge on any atom is 0.340 e. The van der Waals surface area contributed by atoms with Crippen molar-refractivity contribution in [2.24, 2.45) is 0 Å². The number of carbonyl (C=O) groups is 1. The lowest BCUT2D eigenvalue weighted by atomic mass is 9.96. The molecular weight excluding hydrogens is 184 g/mol. The molecule has 0 aliphatic carbocycles. The summed E-state index contributed by atoms with van der Waals surface area (Å²) in [6.07, 6.45) is 0. The molecule has 0 saturated heterocycles. The van der Waals surface area contributed by atoms with E-state index in [9.17, 15) is 9.90 Å². The first-order valence-electron chi connectivity index (χ1n) is 4.09. The molecule has 0 aliphatic rings. The van der Waals surface area contributed by atoms with Crippen molar-refractivity contribution in [3.8, 4) is 5.75 Å². The molecule has 0 aromatic heterocycles. The number of aliphatic hydroxyl groups is 1. The zero-order valence-corrected chi connectivity index (χ0v) is 8.02. The summed E-state index contributed by atoms with van der Waals surface area (Å²) in [6.45, 7) is 1.23. The largest absolute Gasteiger partial charge is 0.497 e. The van der Waals surface area contributed by atoms with Crippen LogP contribution in [0.1, 0.15) is 12.5 Å². The Labute approximate surface area is 81.8 Å². The number of carboxylic acids is 1. The Morgan fingerprint density at radius 3 is 2.64 bits per heavy atom. The SMILES string of the molecule is COc1cccc([C@@](C)(O)C(=O)O)c1. The molecule has 1 atom stereocenters. The number of hydrogen-bond donors (Lipinski definition) is 2. The molecule has 2 N–H and O–H groups in total. The van der Waals surface area contributed by atoms with Crippen LogP contribution in [-0.4, -0.2) is 23.3 Å². The monoisotopic (exact) mass is 196 g/mol. The highest BCUT2D eigenvalue weighted by Gasteiger charge is 2.32. The molecule has 1 aromatic carbocycles. The fourth-order valence-corrected chi connectivity index (χ4v) is 1.05. The second-order valence-corrected chi connectivity index (χ2v) is 3.11. The topological polar surface area (TPSA) is 66.8 Å². The lowest BCUT2D eigenvalue weighted by Gasteiger charge is -2.18. The highest BCUT2D eigenvalue weighted by atomic mass is 16.5. The van der Waals surface area contributed by atoms with Gasteiger partial charge in [0, 0.05) is 0 Å². The van der Waals surface area contributed by atoms with E-state index in [1.165, 1.54) is 26.2 Å². The molecule has 0 unspecified atom stereocenters.